The summed E-state index contributed by atoms with van der Waals surface area (Å²) in [5.74, 6) is 0. The van der Waals surface area contributed by atoms with Gasteiger partial charge in [-0.1, -0.05) is 24.3 Å². The van der Waals surface area contributed by atoms with Gasteiger partial charge in [-0.15, -0.1) is 0 Å². The largest absolute Gasteiger partial charge is 0.456 e. The van der Waals surface area contributed by atoms with Gasteiger partial charge in [0.15, 0.2) is 0 Å². The highest BCUT2D eigenvalue weighted by atomic mass is 16.6. The molecular weight excluding hydrogens is 242 g/mol. The van der Waals surface area contributed by atoms with Crippen molar-refractivity contribution in [3.05, 3.63) is 63.8 Å². The summed E-state index contributed by atoms with van der Waals surface area (Å²) in [4.78, 5) is 10.3. The molecule has 0 saturated carbocycles. The van der Waals surface area contributed by atoms with Gasteiger partial charge in [0.05, 0.1) is 4.92 Å². The molecule has 0 amide bonds. The molecule has 0 N–H and O–H groups in total. The van der Waals surface area contributed by atoms with Gasteiger partial charge >= 0.3 is 0 Å². The molecular formula is C15H11NO3. The van der Waals surface area contributed by atoms with E-state index in [9.17, 15) is 10.1 Å². The Morgan fingerprint density at radius 1 is 1.16 bits per heavy atom. The second kappa shape index (κ2) is 4.24. The Kier molecular flexibility index (Phi) is 2.56. The van der Waals surface area contributed by atoms with Crippen molar-refractivity contribution in [3.8, 4) is 0 Å². The normalized spacial score (nSPS) is 12.2. The van der Waals surface area contributed by atoms with Crippen LogP contribution in [0.25, 0.3) is 28.0 Å². The zero-order valence-corrected chi connectivity index (χ0v) is 10.3. The number of hydrogen-bond acceptors (Lipinski definition) is 3. The van der Waals surface area contributed by atoms with Gasteiger partial charge in [-0.05, 0) is 23.8 Å². The predicted molar refractivity (Wildman–Crippen MR) is 74.4 cm³/mol. The zero-order chi connectivity index (χ0) is 13.4. The maximum atomic E-state index is 10.6. The average Bonchev–Trinajstić information content (AvgIpc) is 2.76. The minimum absolute atomic E-state index is 0.118. The van der Waals surface area contributed by atoms with Gasteiger partial charge in [0, 0.05) is 23.8 Å². The Balaban J connectivity index is 2.22. The van der Waals surface area contributed by atoms with Gasteiger partial charge in [-0.25, -0.2) is 0 Å². The van der Waals surface area contributed by atoms with Crippen molar-refractivity contribution in [3.63, 3.8) is 0 Å². The third-order valence-electron chi connectivity index (χ3n) is 3.06. The summed E-state index contributed by atoms with van der Waals surface area (Å²) in [5.41, 5.74) is 2.53. The number of hydrogen-bond donors (Lipinski definition) is 0. The number of rotatable bonds is 2. The minimum atomic E-state index is -0.391. The highest BCUT2D eigenvalue weighted by Gasteiger charge is 2.07. The quantitative estimate of drug-likeness (QED) is 0.507. The molecule has 1 heterocycles. The molecule has 0 aliphatic heterocycles. The topological polar surface area (TPSA) is 56.3 Å². The first-order valence-electron chi connectivity index (χ1n) is 5.89. The third-order valence-corrected chi connectivity index (χ3v) is 3.06. The van der Waals surface area contributed by atoms with Crippen LogP contribution in [0.1, 0.15) is 12.5 Å². The highest BCUT2D eigenvalue weighted by Crippen LogP contribution is 2.29. The van der Waals surface area contributed by atoms with Gasteiger partial charge in [0.1, 0.15) is 11.2 Å². The molecule has 1 aromatic heterocycles. The highest BCUT2D eigenvalue weighted by molar-refractivity contribution is 6.05. The van der Waals surface area contributed by atoms with Crippen LogP contribution in [0.2, 0.25) is 0 Å². The molecule has 19 heavy (non-hydrogen) atoms. The predicted octanol–water partition coefficient (Wildman–Crippen LogP) is 4.22. The standard InChI is InChI=1S/C15H11NO3/c1-10(16(17)18)8-11-6-7-15-13(9-11)12-4-2-3-5-14(12)19-15/h2-9H,1H3. The summed E-state index contributed by atoms with van der Waals surface area (Å²) in [6.45, 7) is 1.48. The van der Waals surface area contributed by atoms with Crippen LogP contribution in [0.4, 0.5) is 0 Å². The lowest BCUT2D eigenvalue weighted by molar-refractivity contribution is -0.422. The Bertz CT molecular complexity index is 814. The molecule has 0 aliphatic rings. The Labute approximate surface area is 109 Å². The van der Waals surface area contributed by atoms with Crippen molar-refractivity contribution in [2.75, 3.05) is 0 Å². The summed E-state index contributed by atoms with van der Waals surface area (Å²) in [7, 11) is 0. The van der Waals surface area contributed by atoms with E-state index in [1.54, 1.807) is 6.08 Å². The first-order chi connectivity index (χ1) is 9.15. The third kappa shape index (κ3) is 1.97. The molecule has 3 aromatic rings. The van der Waals surface area contributed by atoms with E-state index >= 15 is 0 Å². The minimum Gasteiger partial charge on any atom is -0.456 e. The molecule has 0 unspecified atom stereocenters. The fraction of sp³-hybridized carbons (Fsp3) is 0.0667. The van der Waals surface area contributed by atoms with Crippen LogP contribution in [-0.4, -0.2) is 4.92 Å². The Morgan fingerprint density at radius 3 is 2.68 bits per heavy atom. The molecule has 2 aromatic carbocycles. The van der Waals surface area contributed by atoms with E-state index in [0.717, 1.165) is 27.5 Å². The molecule has 94 valence electrons. The monoisotopic (exact) mass is 253 g/mol. The maximum Gasteiger partial charge on any atom is 0.243 e. The summed E-state index contributed by atoms with van der Waals surface area (Å²) in [6.07, 6.45) is 1.56. The zero-order valence-electron chi connectivity index (χ0n) is 10.3. The van der Waals surface area contributed by atoms with Crippen LogP contribution in [0.5, 0.6) is 0 Å². The van der Waals surface area contributed by atoms with Crippen molar-refractivity contribution in [2.24, 2.45) is 0 Å². The van der Waals surface area contributed by atoms with Crippen molar-refractivity contribution in [1.82, 2.24) is 0 Å². The lowest BCUT2D eigenvalue weighted by Crippen LogP contribution is -1.92. The molecule has 0 fully saturated rings. The first-order valence-corrected chi connectivity index (χ1v) is 5.89. The molecule has 4 heteroatoms. The number of allylic oxidation sites excluding steroid dienone is 1. The molecule has 0 saturated heterocycles. The smallest absolute Gasteiger partial charge is 0.243 e. The summed E-state index contributed by atoms with van der Waals surface area (Å²) in [5, 5.41) is 12.6. The van der Waals surface area contributed by atoms with E-state index in [2.05, 4.69) is 0 Å². The number of nitro groups is 1. The molecule has 0 aliphatic carbocycles. The van der Waals surface area contributed by atoms with Crippen molar-refractivity contribution in [2.45, 2.75) is 6.92 Å². The van der Waals surface area contributed by atoms with E-state index < -0.39 is 4.92 Å². The number of furan rings is 1. The van der Waals surface area contributed by atoms with E-state index in [0.29, 0.717) is 0 Å². The fourth-order valence-electron chi connectivity index (χ4n) is 2.13. The molecule has 4 nitrogen and oxygen atoms in total. The molecule has 3 rings (SSSR count). The van der Waals surface area contributed by atoms with Gasteiger partial charge in [-0.2, -0.15) is 0 Å². The van der Waals surface area contributed by atoms with Crippen LogP contribution in [0.15, 0.2) is 52.6 Å². The van der Waals surface area contributed by atoms with Crippen LogP contribution < -0.4 is 0 Å². The average molecular weight is 253 g/mol. The van der Waals surface area contributed by atoms with Crippen molar-refractivity contribution in [1.29, 1.82) is 0 Å². The van der Waals surface area contributed by atoms with Crippen LogP contribution in [0, 0.1) is 10.1 Å². The summed E-state index contributed by atoms with van der Waals surface area (Å²) >= 11 is 0. The fourth-order valence-corrected chi connectivity index (χ4v) is 2.13. The summed E-state index contributed by atoms with van der Waals surface area (Å²) < 4.78 is 5.71. The lowest BCUT2D eigenvalue weighted by Gasteiger charge is -1.94. The molecule has 0 atom stereocenters. The summed E-state index contributed by atoms with van der Waals surface area (Å²) in [6, 6.07) is 13.3. The number of fused-ring (bicyclic) bond motifs is 3. The SMILES string of the molecule is CC(=Cc1ccc2oc3ccccc3c2c1)[N+](=O)[O-]. The van der Waals surface area contributed by atoms with E-state index in [-0.39, 0.29) is 5.70 Å². The lowest BCUT2D eigenvalue weighted by atomic mass is 10.1. The van der Waals surface area contributed by atoms with Gasteiger partial charge < -0.3 is 4.42 Å². The maximum absolute atomic E-state index is 10.6. The second-order valence-corrected chi connectivity index (χ2v) is 4.40. The van der Waals surface area contributed by atoms with Crippen molar-refractivity contribution < 1.29 is 9.34 Å². The Morgan fingerprint density at radius 2 is 1.89 bits per heavy atom. The van der Waals surface area contributed by atoms with Gasteiger partial charge in [0.2, 0.25) is 5.70 Å². The van der Waals surface area contributed by atoms with Gasteiger partial charge in [0.25, 0.3) is 0 Å². The van der Waals surface area contributed by atoms with Crippen molar-refractivity contribution >= 4 is 28.0 Å². The molecule has 0 bridgehead atoms. The first kappa shape index (κ1) is 11.5. The van der Waals surface area contributed by atoms with Crippen LogP contribution in [0.3, 0.4) is 0 Å². The number of para-hydroxylation sites is 1. The molecule has 0 radical (unpaired) electrons. The number of benzene rings is 2. The van der Waals surface area contributed by atoms with E-state index in [4.69, 9.17) is 4.42 Å². The second-order valence-electron chi connectivity index (χ2n) is 4.40. The van der Waals surface area contributed by atoms with Crippen LogP contribution >= 0.6 is 0 Å². The number of nitrogens with zero attached hydrogens (tertiary/aromatic N) is 1. The van der Waals surface area contributed by atoms with E-state index in [1.807, 2.05) is 42.5 Å². The van der Waals surface area contributed by atoms with E-state index in [1.165, 1.54) is 6.92 Å². The van der Waals surface area contributed by atoms with Gasteiger partial charge in [-0.3, -0.25) is 10.1 Å². The van der Waals surface area contributed by atoms with Crippen LogP contribution in [-0.2, 0) is 0 Å². The molecule has 0 spiro atoms. The Hall–Kier alpha value is -2.62.